The fourth-order valence-electron chi connectivity index (χ4n) is 2.77. The summed E-state index contributed by atoms with van der Waals surface area (Å²) < 4.78 is 4.02. The molecule has 1 N–H and O–H groups in total. The van der Waals surface area contributed by atoms with E-state index in [0.717, 1.165) is 0 Å². The number of rotatable bonds is 2. The number of hydrogen-bond acceptors (Lipinski definition) is 1. The maximum absolute atomic E-state index is 4.02. The number of anilines is 1. The van der Waals surface area contributed by atoms with E-state index in [1.807, 2.05) is 0 Å². The second kappa shape index (κ2) is 6.28. The predicted molar refractivity (Wildman–Crippen MR) is 110 cm³/mol. The van der Waals surface area contributed by atoms with Crippen LogP contribution in [-0.4, -0.2) is 18.7 Å². The molecule has 23 heavy (non-hydrogen) atoms. The Kier molecular flexibility index (Phi) is 5.69. The van der Waals surface area contributed by atoms with Crippen molar-refractivity contribution in [2.24, 2.45) is 0 Å². The average Bonchev–Trinajstić information content (AvgIpc) is 2.21. The Balaban J connectivity index is 3.82. The molecule has 2 heteroatoms. The van der Waals surface area contributed by atoms with Crippen LogP contribution in [0.5, 0.6) is 0 Å². The number of benzene rings is 1. The molecule has 0 spiro atoms. The van der Waals surface area contributed by atoms with Crippen molar-refractivity contribution < 1.29 is 0 Å². The van der Waals surface area contributed by atoms with Gasteiger partial charge in [0.2, 0.25) is 0 Å². The summed E-state index contributed by atoms with van der Waals surface area (Å²) in [5, 5.41) is 0. The molecule has 1 aromatic carbocycles. The van der Waals surface area contributed by atoms with Crippen molar-refractivity contribution in [1.29, 1.82) is 0 Å². The van der Waals surface area contributed by atoms with E-state index in [0.29, 0.717) is 0 Å². The first kappa shape index (κ1) is 20.9. The third kappa shape index (κ3) is 5.69. The topological polar surface area (TPSA) is 12.0 Å². The molecular weight excluding hydrogens is 385 g/mol. The first-order valence-electron chi connectivity index (χ1n) is 8.90. The van der Waals surface area contributed by atoms with Crippen molar-refractivity contribution in [3.05, 3.63) is 28.8 Å². The van der Waals surface area contributed by atoms with Crippen LogP contribution in [-0.2, 0) is 16.2 Å². The van der Waals surface area contributed by atoms with Gasteiger partial charge in [0.25, 0.3) is 0 Å². The zero-order valence-electron chi connectivity index (χ0n) is 17.7. The third-order valence-electron chi connectivity index (χ3n) is 4.12. The van der Waals surface area contributed by atoms with Crippen molar-refractivity contribution in [1.82, 2.24) is 0 Å². The first-order chi connectivity index (χ1) is 9.93. The normalized spacial score (nSPS) is 14.1. The first-order valence-corrected chi connectivity index (χ1v) is 18.9. The second-order valence-corrected chi connectivity index (χ2v) is 24.6. The Labute approximate surface area is 149 Å². The minimum absolute atomic E-state index is 0.140. The molecule has 1 aromatic rings. The summed E-state index contributed by atoms with van der Waals surface area (Å²) in [6, 6.07) is 4.91. The molecule has 0 amide bonds. The fraction of sp³-hybridized carbons (Fsp3) is 0.714. The Morgan fingerprint density at radius 3 is 1.22 bits per heavy atom. The van der Waals surface area contributed by atoms with Gasteiger partial charge in [0.15, 0.2) is 0 Å². The minimum atomic E-state index is -2.19. The van der Waals surface area contributed by atoms with Crippen molar-refractivity contribution in [2.75, 3.05) is 3.54 Å². The van der Waals surface area contributed by atoms with Gasteiger partial charge in [-0.25, -0.2) is 0 Å². The van der Waals surface area contributed by atoms with Gasteiger partial charge >= 0.3 is 150 Å². The van der Waals surface area contributed by atoms with E-state index in [9.17, 15) is 0 Å². The molecule has 0 aliphatic heterocycles. The zero-order chi connectivity index (χ0) is 18.4. The van der Waals surface area contributed by atoms with Crippen LogP contribution in [0.2, 0.25) is 14.8 Å². The summed E-state index contributed by atoms with van der Waals surface area (Å²) in [5.41, 5.74) is 6.26. The van der Waals surface area contributed by atoms with Gasteiger partial charge in [-0.2, -0.15) is 0 Å². The van der Waals surface area contributed by atoms with Crippen molar-refractivity contribution >= 4 is 24.3 Å². The van der Waals surface area contributed by atoms with Gasteiger partial charge in [-0.1, -0.05) is 0 Å². The van der Waals surface area contributed by atoms with Gasteiger partial charge in [-0.3, -0.25) is 0 Å². The quantitative estimate of drug-likeness (QED) is 0.514. The molecule has 0 saturated heterocycles. The van der Waals surface area contributed by atoms with E-state index >= 15 is 0 Å². The molecule has 0 atom stereocenters. The Hall–Kier alpha value is -0.181. The SMILES string of the molecule is CC(C)(C)c1cc(C(C)(C)C)c([NH][Sn]([CH3])([CH3])[CH3])c(C(C)(C)C)c1. The van der Waals surface area contributed by atoms with E-state index in [1.54, 1.807) is 0 Å². The summed E-state index contributed by atoms with van der Waals surface area (Å²) in [6.45, 7) is 21.0. The third-order valence-corrected chi connectivity index (χ3v) is 6.97. The maximum atomic E-state index is 4.02. The molecular formula is C21H39NSn. The van der Waals surface area contributed by atoms with Crippen LogP contribution < -0.4 is 3.54 Å². The van der Waals surface area contributed by atoms with Crippen LogP contribution in [0.3, 0.4) is 0 Å². The Morgan fingerprint density at radius 1 is 0.652 bits per heavy atom. The van der Waals surface area contributed by atoms with Gasteiger partial charge in [0.05, 0.1) is 0 Å². The predicted octanol–water partition coefficient (Wildman–Crippen LogP) is 6.83. The summed E-state index contributed by atoms with van der Waals surface area (Å²) in [4.78, 5) is 7.35. The number of hydrogen-bond donors (Lipinski definition) is 1. The van der Waals surface area contributed by atoms with E-state index in [1.165, 1.54) is 22.4 Å². The van der Waals surface area contributed by atoms with Crippen LogP contribution >= 0.6 is 0 Å². The van der Waals surface area contributed by atoms with E-state index in [4.69, 9.17) is 0 Å². The summed E-state index contributed by atoms with van der Waals surface area (Å²) in [5.74, 6) is 0. The van der Waals surface area contributed by atoms with Crippen molar-refractivity contribution in [2.45, 2.75) is 93.4 Å². The van der Waals surface area contributed by atoms with Crippen LogP contribution in [0.15, 0.2) is 12.1 Å². The Morgan fingerprint density at radius 2 is 1.00 bits per heavy atom. The molecule has 0 fully saturated rings. The number of nitrogens with one attached hydrogen (secondary N) is 1. The van der Waals surface area contributed by atoms with E-state index < -0.39 is 18.7 Å². The fourth-order valence-corrected chi connectivity index (χ4v) is 5.68. The summed E-state index contributed by atoms with van der Waals surface area (Å²) in [6.07, 6.45) is 0. The summed E-state index contributed by atoms with van der Waals surface area (Å²) in [7, 11) is 0. The van der Waals surface area contributed by atoms with Crippen LogP contribution in [0.1, 0.15) is 79.0 Å². The molecule has 0 radical (unpaired) electrons. The molecule has 0 bridgehead atoms. The van der Waals surface area contributed by atoms with Crippen LogP contribution in [0, 0.1) is 0 Å². The van der Waals surface area contributed by atoms with Crippen LogP contribution in [0.4, 0.5) is 5.69 Å². The zero-order valence-corrected chi connectivity index (χ0v) is 20.5. The van der Waals surface area contributed by atoms with E-state index in [-0.39, 0.29) is 16.2 Å². The molecule has 0 aromatic heterocycles. The van der Waals surface area contributed by atoms with Crippen molar-refractivity contribution in [3.8, 4) is 0 Å². The molecule has 1 nitrogen and oxygen atoms in total. The second-order valence-electron chi connectivity index (χ2n) is 11.1. The van der Waals surface area contributed by atoms with Gasteiger partial charge in [-0.15, -0.1) is 0 Å². The van der Waals surface area contributed by atoms with Gasteiger partial charge in [-0.05, 0) is 0 Å². The molecule has 1 rings (SSSR count). The van der Waals surface area contributed by atoms with Gasteiger partial charge < -0.3 is 0 Å². The van der Waals surface area contributed by atoms with E-state index in [2.05, 4.69) is 92.8 Å². The van der Waals surface area contributed by atoms with Gasteiger partial charge in [0, 0.05) is 0 Å². The monoisotopic (exact) mass is 425 g/mol. The molecule has 0 aliphatic rings. The average molecular weight is 424 g/mol. The van der Waals surface area contributed by atoms with Crippen LogP contribution in [0.25, 0.3) is 0 Å². The summed E-state index contributed by atoms with van der Waals surface area (Å²) >= 11 is -2.19. The molecule has 0 unspecified atom stereocenters. The Bertz CT molecular complexity index is 522. The molecule has 0 aliphatic carbocycles. The van der Waals surface area contributed by atoms with Crippen molar-refractivity contribution in [3.63, 3.8) is 0 Å². The molecule has 0 heterocycles. The molecule has 0 saturated carbocycles. The van der Waals surface area contributed by atoms with Gasteiger partial charge in [0.1, 0.15) is 0 Å². The molecule has 132 valence electrons. The standard InChI is InChI=1S/C18H30N.3CH3.Sn/c1-16(2,3)12-10-13(17(4,5)6)15(19)14(11-12)18(7,8)9;;;;/h10-11,19H,1-9H3;3*1H3;/q-1;;;;+1.